The Kier molecular flexibility index (Phi) is 7.59. The van der Waals surface area contributed by atoms with E-state index in [1.54, 1.807) is 0 Å². The first-order valence-electron chi connectivity index (χ1n) is 11.9. The molecular formula is C27H33ClN4O2. The average Bonchev–Trinajstić information content (AvgIpc) is 2.79. The van der Waals surface area contributed by atoms with Crippen LogP contribution in [-0.4, -0.2) is 55.1 Å². The van der Waals surface area contributed by atoms with Gasteiger partial charge in [0.2, 0.25) is 5.91 Å². The SMILES string of the molecule is Cc1cc(N2CCN(C)CC2)nc2ccc(NC(=O)CCc3ccc(OC(C)C)cc3Cl)cc12. The topological polar surface area (TPSA) is 57.7 Å². The lowest BCUT2D eigenvalue weighted by molar-refractivity contribution is -0.116. The molecule has 1 aromatic heterocycles. The van der Waals surface area contributed by atoms with Gasteiger partial charge in [-0.3, -0.25) is 4.79 Å². The number of benzene rings is 2. The normalized spacial score (nSPS) is 14.6. The lowest BCUT2D eigenvalue weighted by atomic mass is 10.1. The van der Waals surface area contributed by atoms with Crippen LogP contribution in [0.4, 0.5) is 11.5 Å². The highest BCUT2D eigenvalue weighted by Gasteiger charge is 2.17. The van der Waals surface area contributed by atoms with Gasteiger partial charge in [0.25, 0.3) is 0 Å². The number of piperazine rings is 1. The first-order chi connectivity index (χ1) is 16.3. The van der Waals surface area contributed by atoms with Crippen LogP contribution in [0.15, 0.2) is 42.5 Å². The van der Waals surface area contributed by atoms with Crippen molar-refractivity contribution in [1.82, 2.24) is 9.88 Å². The van der Waals surface area contributed by atoms with Gasteiger partial charge in [0.15, 0.2) is 0 Å². The Balaban J connectivity index is 1.39. The highest BCUT2D eigenvalue weighted by molar-refractivity contribution is 6.31. The van der Waals surface area contributed by atoms with Crippen LogP contribution in [-0.2, 0) is 11.2 Å². The molecule has 1 fully saturated rings. The zero-order valence-electron chi connectivity index (χ0n) is 20.4. The Labute approximate surface area is 206 Å². The van der Waals surface area contributed by atoms with Crippen molar-refractivity contribution in [1.29, 1.82) is 0 Å². The van der Waals surface area contributed by atoms with E-state index in [4.69, 9.17) is 21.3 Å². The van der Waals surface area contributed by atoms with Crippen molar-refractivity contribution in [3.05, 3.63) is 58.6 Å². The van der Waals surface area contributed by atoms with Gasteiger partial charge in [0.1, 0.15) is 11.6 Å². The number of aryl methyl sites for hydroxylation is 2. The minimum atomic E-state index is -0.0439. The molecule has 0 bridgehead atoms. The van der Waals surface area contributed by atoms with Crippen LogP contribution in [0.1, 0.15) is 31.4 Å². The molecular weight excluding hydrogens is 448 g/mol. The fourth-order valence-electron chi connectivity index (χ4n) is 4.20. The van der Waals surface area contributed by atoms with Crippen molar-refractivity contribution in [3.63, 3.8) is 0 Å². The van der Waals surface area contributed by atoms with Gasteiger partial charge in [-0.25, -0.2) is 4.98 Å². The number of ether oxygens (including phenoxy) is 1. The Morgan fingerprint density at radius 2 is 1.88 bits per heavy atom. The number of anilines is 2. The first-order valence-corrected chi connectivity index (χ1v) is 12.3. The summed E-state index contributed by atoms with van der Waals surface area (Å²) in [5.74, 6) is 1.72. The summed E-state index contributed by atoms with van der Waals surface area (Å²) < 4.78 is 5.67. The average molecular weight is 481 g/mol. The first kappa shape index (κ1) is 24.3. The van der Waals surface area contributed by atoms with Gasteiger partial charge in [-0.2, -0.15) is 0 Å². The second kappa shape index (κ2) is 10.6. The summed E-state index contributed by atoms with van der Waals surface area (Å²) in [6, 6.07) is 13.7. The van der Waals surface area contributed by atoms with Gasteiger partial charge >= 0.3 is 0 Å². The van der Waals surface area contributed by atoms with Gasteiger partial charge in [-0.1, -0.05) is 17.7 Å². The number of rotatable bonds is 7. The summed E-state index contributed by atoms with van der Waals surface area (Å²) in [5.41, 5.74) is 3.82. The number of fused-ring (bicyclic) bond motifs is 1. The van der Waals surface area contributed by atoms with Gasteiger partial charge in [-0.05, 0) is 81.8 Å². The van der Waals surface area contributed by atoms with E-state index < -0.39 is 0 Å². The summed E-state index contributed by atoms with van der Waals surface area (Å²) in [4.78, 5) is 22.2. The van der Waals surface area contributed by atoms with Crippen LogP contribution in [0, 0.1) is 6.92 Å². The minimum absolute atomic E-state index is 0.0439. The quantitative estimate of drug-likeness (QED) is 0.496. The number of amides is 1. The van der Waals surface area contributed by atoms with E-state index in [0.717, 1.165) is 65.5 Å². The van der Waals surface area contributed by atoms with Crippen molar-refractivity contribution in [2.75, 3.05) is 43.4 Å². The number of nitrogens with one attached hydrogen (secondary N) is 1. The molecule has 3 aromatic rings. The summed E-state index contributed by atoms with van der Waals surface area (Å²) in [7, 11) is 2.15. The molecule has 6 nitrogen and oxygen atoms in total. The molecule has 2 aromatic carbocycles. The fraction of sp³-hybridized carbons (Fsp3) is 0.407. The molecule has 7 heteroatoms. The zero-order chi connectivity index (χ0) is 24.2. The number of likely N-dealkylation sites (N-methyl/N-ethyl adjacent to an activating group) is 1. The summed E-state index contributed by atoms with van der Waals surface area (Å²) in [5, 5.41) is 4.70. The van der Waals surface area contributed by atoms with Crippen molar-refractivity contribution in [2.24, 2.45) is 0 Å². The molecule has 1 amide bonds. The van der Waals surface area contributed by atoms with Crippen LogP contribution in [0.5, 0.6) is 5.75 Å². The maximum Gasteiger partial charge on any atom is 0.224 e. The lowest BCUT2D eigenvalue weighted by Crippen LogP contribution is -2.44. The number of aromatic nitrogens is 1. The van der Waals surface area contributed by atoms with Crippen molar-refractivity contribution in [2.45, 2.75) is 39.7 Å². The molecule has 0 aliphatic carbocycles. The van der Waals surface area contributed by atoms with E-state index in [1.165, 1.54) is 0 Å². The van der Waals surface area contributed by atoms with Crippen LogP contribution < -0.4 is 15.0 Å². The third-order valence-electron chi connectivity index (χ3n) is 6.13. The number of hydrogen-bond acceptors (Lipinski definition) is 5. The van der Waals surface area contributed by atoms with E-state index in [2.05, 4.69) is 35.2 Å². The number of carbonyl (C=O) groups is 1. The number of hydrogen-bond donors (Lipinski definition) is 1. The molecule has 0 atom stereocenters. The third-order valence-corrected chi connectivity index (χ3v) is 6.48. The third kappa shape index (κ3) is 5.99. The number of pyridine rings is 1. The van der Waals surface area contributed by atoms with E-state index in [-0.39, 0.29) is 12.0 Å². The van der Waals surface area contributed by atoms with Gasteiger partial charge < -0.3 is 19.9 Å². The molecule has 1 saturated heterocycles. The molecule has 2 heterocycles. The number of nitrogens with zero attached hydrogens (tertiary/aromatic N) is 3. The maximum atomic E-state index is 12.6. The second-order valence-electron chi connectivity index (χ2n) is 9.29. The van der Waals surface area contributed by atoms with Crippen LogP contribution in [0.3, 0.4) is 0 Å². The number of carbonyl (C=O) groups excluding carboxylic acids is 1. The predicted octanol–water partition coefficient (Wildman–Crippen LogP) is 5.31. The van der Waals surface area contributed by atoms with Gasteiger partial charge in [0.05, 0.1) is 11.6 Å². The number of halogens is 1. The van der Waals surface area contributed by atoms with E-state index in [9.17, 15) is 4.79 Å². The lowest BCUT2D eigenvalue weighted by Gasteiger charge is -2.33. The molecule has 4 rings (SSSR count). The molecule has 0 spiro atoms. The standard InChI is InChI=1S/C27H33ClN4O2/c1-18(2)34-22-8-5-20(24(28)17-22)6-10-27(33)29-21-7-9-25-23(16-21)19(3)15-26(30-25)32-13-11-31(4)12-14-32/h5,7-9,15-18H,6,10-14H2,1-4H3,(H,29,33). The van der Waals surface area contributed by atoms with Crippen LogP contribution >= 0.6 is 11.6 Å². The van der Waals surface area contributed by atoms with E-state index in [1.807, 2.05) is 50.2 Å². The fourth-order valence-corrected chi connectivity index (χ4v) is 4.46. The molecule has 1 N–H and O–H groups in total. The Bertz CT molecular complexity index is 1170. The smallest absolute Gasteiger partial charge is 0.224 e. The molecule has 1 aliphatic rings. The summed E-state index contributed by atoms with van der Waals surface area (Å²) >= 11 is 6.39. The van der Waals surface area contributed by atoms with E-state index >= 15 is 0 Å². The highest BCUT2D eigenvalue weighted by atomic mass is 35.5. The largest absolute Gasteiger partial charge is 0.491 e. The predicted molar refractivity (Wildman–Crippen MR) is 140 cm³/mol. The monoisotopic (exact) mass is 480 g/mol. The minimum Gasteiger partial charge on any atom is -0.491 e. The molecule has 180 valence electrons. The van der Waals surface area contributed by atoms with Crippen molar-refractivity contribution >= 4 is 39.9 Å². The van der Waals surface area contributed by atoms with Crippen molar-refractivity contribution in [3.8, 4) is 5.75 Å². The Morgan fingerprint density at radius 3 is 2.59 bits per heavy atom. The Hall–Kier alpha value is -2.83. The summed E-state index contributed by atoms with van der Waals surface area (Å²) in [6.07, 6.45) is 1.00. The second-order valence-corrected chi connectivity index (χ2v) is 9.69. The van der Waals surface area contributed by atoms with Gasteiger partial charge in [0, 0.05) is 48.7 Å². The van der Waals surface area contributed by atoms with Crippen LogP contribution in [0.25, 0.3) is 10.9 Å². The highest BCUT2D eigenvalue weighted by Crippen LogP contribution is 2.27. The van der Waals surface area contributed by atoms with Crippen LogP contribution in [0.2, 0.25) is 5.02 Å². The Morgan fingerprint density at radius 1 is 1.12 bits per heavy atom. The molecule has 0 saturated carbocycles. The zero-order valence-corrected chi connectivity index (χ0v) is 21.2. The molecule has 0 radical (unpaired) electrons. The molecule has 0 unspecified atom stereocenters. The maximum absolute atomic E-state index is 12.6. The summed E-state index contributed by atoms with van der Waals surface area (Å²) in [6.45, 7) is 10.1. The molecule has 1 aliphatic heterocycles. The molecule has 34 heavy (non-hydrogen) atoms. The van der Waals surface area contributed by atoms with E-state index in [0.29, 0.717) is 17.9 Å². The van der Waals surface area contributed by atoms with Crippen molar-refractivity contribution < 1.29 is 9.53 Å². The van der Waals surface area contributed by atoms with Gasteiger partial charge in [-0.15, -0.1) is 0 Å².